The van der Waals surface area contributed by atoms with E-state index in [9.17, 15) is 9.59 Å². The number of urea groups is 1. The fourth-order valence-corrected chi connectivity index (χ4v) is 4.38. The molecule has 0 spiro atoms. The van der Waals surface area contributed by atoms with Crippen molar-refractivity contribution in [1.82, 2.24) is 15.5 Å². The van der Waals surface area contributed by atoms with E-state index < -0.39 is 12.0 Å². The molecule has 174 valence electrons. The maximum absolute atomic E-state index is 12.8. The predicted molar refractivity (Wildman–Crippen MR) is 126 cm³/mol. The number of hydrogen-bond acceptors (Lipinski definition) is 6. The summed E-state index contributed by atoms with van der Waals surface area (Å²) in [6.07, 6.45) is 0. The van der Waals surface area contributed by atoms with Gasteiger partial charge in [0.15, 0.2) is 0 Å². The molecule has 8 heteroatoms. The zero-order chi connectivity index (χ0) is 23.4. The van der Waals surface area contributed by atoms with E-state index in [-0.39, 0.29) is 6.03 Å². The zero-order valence-electron chi connectivity index (χ0n) is 19.3. The number of methoxy groups -OCH3 is 2. The first-order chi connectivity index (χ1) is 16.0. The van der Waals surface area contributed by atoms with Gasteiger partial charge >= 0.3 is 12.0 Å². The van der Waals surface area contributed by atoms with Crippen LogP contribution in [0.25, 0.3) is 0 Å². The number of ether oxygens (including phenoxy) is 2. The highest BCUT2D eigenvalue weighted by Gasteiger charge is 2.34. The summed E-state index contributed by atoms with van der Waals surface area (Å²) in [5.41, 5.74) is 4.20. The molecular formula is C25H30N4O4. The van der Waals surface area contributed by atoms with E-state index in [0.29, 0.717) is 23.6 Å². The number of nitrogens with one attached hydrogen (secondary N) is 2. The van der Waals surface area contributed by atoms with Crippen LogP contribution in [0.3, 0.4) is 0 Å². The van der Waals surface area contributed by atoms with E-state index in [0.717, 1.165) is 31.7 Å². The minimum atomic E-state index is -0.620. The Bertz CT molecular complexity index is 1060. The van der Waals surface area contributed by atoms with Crippen molar-refractivity contribution >= 4 is 17.7 Å². The Hall–Kier alpha value is -3.52. The summed E-state index contributed by atoms with van der Waals surface area (Å²) in [6, 6.07) is 14.9. The Labute approximate surface area is 194 Å². The Kier molecular flexibility index (Phi) is 6.84. The van der Waals surface area contributed by atoms with Crippen LogP contribution in [0.4, 0.5) is 10.5 Å². The minimum absolute atomic E-state index is 0.344. The monoisotopic (exact) mass is 450 g/mol. The van der Waals surface area contributed by atoms with Crippen molar-refractivity contribution < 1.29 is 19.1 Å². The van der Waals surface area contributed by atoms with Crippen molar-refractivity contribution in [3.05, 3.63) is 70.9 Å². The van der Waals surface area contributed by atoms with Crippen molar-refractivity contribution in [3.63, 3.8) is 0 Å². The summed E-state index contributed by atoms with van der Waals surface area (Å²) < 4.78 is 10.4. The number of carbonyl (C=O) groups is 2. The van der Waals surface area contributed by atoms with Crippen LogP contribution in [0, 0.1) is 6.92 Å². The molecule has 1 fully saturated rings. The number of esters is 1. The van der Waals surface area contributed by atoms with Crippen molar-refractivity contribution in [3.8, 4) is 5.75 Å². The summed E-state index contributed by atoms with van der Waals surface area (Å²) >= 11 is 0. The molecule has 1 atom stereocenters. The number of hydrogen-bond donors (Lipinski definition) is 2. The molecule has 4 rings (SSSR count). The van der Waals surface area contributed by atoms with Gasteiger partial charge in [-0.3, -0.25) is 4.90 Å². The third-order valence-electron chi connectivity index (χ3n) is 6.11. The van der Waals surface area contributed by atoms with Crippen LogP contribution < -0.4 is 20.3 Å². The molecule has 2 aromatic carbocycles. The van der Waals surface area contributed by atoms with Crippen LogP contribution in [0.1, 0.15) is 17.2 Å². The van der Waals surface area contributed by atoms with Crippen LogP contribution in [-0.4, -0.2) is 63.8 Å². The average Bonchev–Trinajstić information content (AvgIpc) is 2.83. The number of aryl methyl sites for hydroxylation is 1. The quantitative estimate of drug-likeness (QED) is 0.659. The van der Waals surface area contributed by atoms with Crippen molar-refractivity contribution in [2.24, 2.45) is 0 Å². The van der Waals surface area contributed by atoms with Gasteiger partial charge in [0.2, 0.25) is 0 Å². The first-order valence-electron chi connectivity index (χ1n) is 11.1. The molecule has 2 aliphatic heterocycles. The maximum Gasteiger partial charge on any atom is 0.338 e. The van der Waals surface area contributed by atoms with Crippen LogP contribution in [0.5, 0.6) is 5.75 Å². The number of carbonyl (C=O) groups excluding carboxylic acids is 2. The highest BCUT2D eigenvalue weighted by atomic mass is 16.5. The second kappa shape index (κ2) is 9.95. The Morgan fingerprint density at radius 1 is 1.06 bits per heavy atom. The van der Waals surface area contributed by atoms with Gasteiger partial charge in [0.1, 0.15) is 5.75 Å². The van der Waals surface area contributed by atoms with Gasteiger partial charge in [-0.1, -0.05) is 24.3 Å². The van der Waals surface area contributed by atoms with Crippen LogP contribution in [-0.2, 0) is 9.53 Å². The van der Waals surface area contributed by atoms with E-state index in [1.807, 2.05) is 24.3 Å². The fraction of sp³-hybridized carbons (Fsp3) is 0.360. The third kappa shape index (κ3) is 5.12. The van der Waals surface area contributed by atoms with Gasteiger partial charge in [0.25, 0.3) is 0 Å². The van der Waals surface area contributed by atoms with E-state index in [4.69, 9.17) is 9.47 Å². The maximum atomic E-state index is 12.8. The van der Waals surface area contributed by atoms with Crippen LogP contribution in [0.2, 0.25) is 0 Å². The number of anilines is 1. The van der Waals surface area contributed by atoms with Gasteiger partial charge in [-0.2, -0.15) is 0 Å². The van der Waals surface area contributed by atoms with Gasteiger partial charge in [-0.05, 0) is 42.3 Å². The van der Waals surface area contributed by atoms with Gasteiger partial charge in [-0.15, -0.1) is 0 Å². The molecule has 0 unspecified atom stereocenters. The number of nitrogens with zero attached hydrogens (tertiary/aromatic N) is 2. The zero-order valence-corrected chi connectivity index (χ0v) is 19.3. The van der Waals surface area contributed by atoms with Crippen LogP contribution in [0.15, 0.2) is 59.8 Å². The standard InChI is InChI=1S/C25H30N4O4/c1-17-6-4-8-19(14-17)29-12-10-28(11-13-29)16-21-22(24(30)33-3)23(27-25(31)26-21)18-7-5-9-20(15-18)32-2/h4-9,14-15,23H,10-13,16H2,1-3H3,(H2,26,27,31)/t23-/m0/s1. The summed E-state index contributed by atoms with van der Waals surface area (Å²) in [4.78, 5) is 29.9. The number of benzene rings is 2. The molecule has 2 heterocycles. The Morgan fingerprint density at radius 2 is 1.82 bits per heavy atom. The Balaban J connectivity index is 1.55. The molecule has 0 aliphatic carbocycles. The Morgan fingerprint density at radius 3 is 2.52 bits per heavy atom. The molecule has 2 N–H and O–H groups in total. The third-order valence-corrected chi connectivity index (χ3v) is 6.11. The average molecular weight is 451 g/mol. The first-order valence-corrected chi connectivity index (χ1v) is 11.1. The van der Waals surface area contributed by atoms with Gasteiger partial charge in [0, 0.05) is 44.1 Å². The molecule has 0 radical (unpaired) electrons. The second-order valence-corrected chi connectivity index (χ2v) is 8.29. The van der Waals surface area contributed by atoms with Gasteiger partial charge < -0.3 is 25.0 Å². The molecule has 8 nitrogen and oxygen atoms in total. The predicted octanol–water partition coefficient (Wildman–Crippen LogP) is 2.61. The summed E-state index contributed by atoms with van der Waals surface area (Å²) in [5.74, 6) is 0.182. The molecule has 33 heavy (non-hydrogen) atoms. The van der Waals surface area contributed by atoms with Gasteiger partial charge in [-0.25, -0.2) is 9.59 Å². The summed E-state index contributed by atoms with van der Waals surface area (Å²) in [5, 5.41) is 5.71. The van der Waals surface area contributed by atoms with E-state index >= 15 is 0 Å². The lowest BCUT2D eigenvalue weighted by Crippen LogP contribution is -2.51. The molecule has 0 aromatic heterocycles. The summed E-state index contributed by atoms with van der Waals surface area (Å²) in [6.45, 7) is 5.93. The lowest BCUT2D eigenvalue weighted by Gasteiger charge is -2.38. The molecule has 1 saturated heterocycles. The van der Waals surface area contributed by atoms with Crippen molar-refractivity contribution in [2.45, 2.75) is 13.0 Å². The highest BCUT2D eigenvalue weighted by Crippen LogP contribution is 2.30. The van der Waals surface area contributed by atoms with E-state index in [2.05, 4.69) is 51.6 Å². The molecule has 0 saturated carbocycles. The van der Waals surface area contributed by atoms with E-state index in [1.54, 1.807) is 7.11 Å². The molecule has 2 aromatic rings. The lowest BCUT2D eigenvalue weighted by molar-refractivity contribution is -0.136. The minimum Gasteiger partial charge on any atom is -0.497 e. The van der Waals surface area contributed by atoms with Crippen molar-refractivity contribution in [1.29, 1.82) is 0 Å². The molecular weight excluding hydrogens is 420 g/mol. The second-order valence-electron chi connectivity index (χ2n) is 8.29. The lowest BCUT2D eigenvalue weighted by atomic mass is 9.94. The molecule has 2 aliphatic rings. The normalized spacial score (nSPS) is 19.1. The van der Waals surface area contributed by atoms with Gasteiger partial charge in [0.05, 0.1) is 25.8 Å². The SMILES string of the molecule is COC(=O)C1=C(CN2CCN(c3cccc(C)c3)CC2)NC(=O)N[C@H]1c1cccc(OC)c1. The molecule has 0 bridgehead atoms. The largest absolute Gasteiger partial charge is 0.497 e. The topological polar surface area (TPSA) is 83.1 Å². The fourth-order valence-electron chi connectivity index (χ4n) is 4.38. The van der Waals surface area contributed by atoms with Crippen molar-refractivity contribution in [2.75, 3.05) is 51.8 Å². The number of piperazine rings is 1. The smallest absolute Gasteiger partial charge is 0.338 e. The van der Waals surface area contributed by atoms with Crippen LogP contribution >= 0.6 is 0 Å². The van der Waals surface area contributed by atoms with E-state index in [1.165, 1.54) is 18.4 Å². The summed E-state index contributed by atoms with van der Waals surface area (Å²) in [7, 11) is 2.94. The number of rotatable bonds is 6. The highest BCUT2D eigenvalue weighted by molar-refractivity contribution is 5.95. The number of amides is 2. The molecule has 2 amide bonds. The first kappa shape index (κ1) is 22.7.